The summed E-state index contributed by atoms with van der Waals surface area (Å²) >= 11 is 0. The van der Waals surface area contributed by atoms with E-state index in [1.54, 1.807) is 38.1 Å². The zero-order valence-corrected chi connectivity index (χ0v) is 27.1. The molecular formula is C31H42N5O8P. The van der Waals surface area contributed by atoms with Crippen molar-refractivity contribution in [2.75, 3.05) is 52.2 Å². The Morgan fingerprint density at radius 3 is 2.27 bits per heavy atom. The molecule has 45 heavy (non-hydrogen) atoms. The fourth-order valence-electron chi connectivity index (χ4n) is 4.42. The molecule has 2 N–H and O–H groups in total. The standard InChI is InChI=1S/C31H42N5O8P/c1-5-8-20-42-31(40)36-18-16-35(17-19-36)30(39)27(22-45(41,43-6-2)44-7-3)34-29(38)26-21-25(15-14-23(4)37)32-28(33-26)24-12-10-9-11-13-24/h9-13,21,23,27,37H,5-8,16-20,22H2,1-4H3,(H,34,38). The number of aliphatic hydroxyl groups is 1. The Hall–Kier alpha value is -3.82. The predicted octanol–water partition coefficient (Wildman–Crippen LogP) is 3.32. The number of carbonyl (C=O) groups excluding carboxylic acids is 3. The second kappa shape index (κ2) is 17.6. The Kier molecular flexibility index (Phi) is 14.0. The van der Waals surface area contributed by atoms with Crippen molar-refractivity contribution in [3.63, 3.8) is 0 Å². The Morgan fingerprint density at radius 1 is 1.02 bits per heavy atom. The summed E-state index contributed by atoms with van der Waals surface area (Å²) in [6.07, 6.45) is -0.118. The van der Waals surface area contributed by atoms with Gasteiger partial charge in [0.25, 0.3) is 5.91 Å². The first-order valence-corrected chi connectivity index (χ1v) is 16.9. The highest BCUT2D eigenvalue weighted by Crippen LogP contribution is 2.48. The third kappa shape index (κ3) is 10.9. The number of unbranched alkanes of at least 4 members (excludes halogenated alkanes) is 1. The van der Waals surface area contributed by atoms with Crippen molar-refractivity contribution >= 4 is 25.5 Å². The van der Waals surface area contributed by atoms with Crippen molar-refractivity contribution in [3.8, 4) is 23.2 Å². The molecule has 2 aromatic rings. The van der Waals surface area contributed by atoms with Crippen LogP contribution in [-0.4, -0.2) is 107 Å². The molecule has 0 bridgehead atoms. The van der Waals surface area contributed by atoms with E-state index in [9.17, 15) is 24.1 Å². The second-order valence-electron chi connectivity index (χ2n) is 10.2. The van der Waals surface area contributed by atoms with Gasteiger partial charge in [0.2, 0.25) is 5.91 Å². The molecule has 1 aliphatic rings. The Balaban J connectivity index is 1.88. The summed E-state index contributed by atoms with van der Waals surface area (Å²) in [7, 11) is -3.79. The van der Waals surface area contributed by atoms with Crippen LogP contribution in [0.15, 0.2) is 36.4 Å². The highest BCUT2D eigenvalue weighted by atomic mass is 31.2. The molecule has 0 saturated carbocycles. The van der Waals surface area contributed by atoms with Gasteiger partial charge in [-0.3, -0.25) is 14.2 Å². The van der Waals surface area contributed by atoms with E-state index in [0.717, 1.165) is 12.8 Å². The minimum absolute atomic E-state index is 0.0720. The second-order valence-corrected chi connectivity index (χ2v) is 12.3. The zero-order chi connectivity index (χ0) is 32.8. The van der Waals surface area contributed by atoms with Crippen LogP contribution in [0.3, 0.4) is 0 Å². The fourth-order valence-corrected chi connectivity index (χ4v) is 6.19. The van der Waals surface area contributed by atoms with Gasteiger partial charge in [0, 0.05) is 37.8 Å². The van der Waals surface area contributed by atoms with Gasteiger partial charge in [-0.05, 0) is 33.1 Å². The molecule has 1 aromatic heterocycles. The summed E-state index contributed by atoms with van der Waals surface area (Å²) in [6.45, 7) is 8.14. The SMILES string of the molecule is CCCCOC(=O)N1CCN(C(=O)C(CP(=O)(OCC)OCC)NC(=O)c2cc(C#CC(C)O)nc(-c3ccccc3)n2)CC1. The average molecular weight is 644 g/mol. The number of hydrogen-bond acceptors (Lipinski definition) is 10. The number of ether oxygens (including phenoxy) is 1. The molecule has 14 heteroatoms. The molecule has 1 aromatic carbocycles. The molecular weight excluding hydrogens is 601 g/mol. The number of benzene rings is 1. The van der Waals surface area contributed by atoms with Gasteiger partial charge in [0.1, 0.15) is 23.5 Å². The molecule has 0 spiro atoms. The van der Waals surface area contributed by atoms with Crippen LogP contribution < -0.4 is 5.32 Å². The summed E-state index contributed by atoms with van der Waals surface area (Å²) < 4.78 is 29.7. The summed E-state index contributed by atoms with van der Waals surface area (Å²) in [5, 5.41) is 12.3. The molecule has 13 nitrogen and oxygen atoms in total. The van der Waals surface area contributed by atoms with Crippen molar-refractivity contribution < 1.29 is 37.8 Å². The first-order chi connectivity index (χ1) is 21.6. The van der Waals surface area contributed by atoms with E-state index >= 15 is 0 Å². The lowest BCUT2D eigenvalue weighted by Crippen LogP contribution is -2.57. The highest BCUT2D eigenvalue weighted by molar-refractivity contribution is 7.54. The van der Waals surface area contributed by atoms with E-state index in [2.05, 4.69) is 27.1 Å². The number of hydrogen-bond donors (Lipinski definition) is 2. The summed E-state index contributed by atoms with van der Waals surface area (Å²) in [4.78, 5) is 51.8. The van der Waals surface area contributed by atoms with Gasteiger partial charge in [-0.2, -0.15) is 0 Å². The maximum Gasteiger partial charge on any atom is 0.409 e. The van der Waals surface area contributed by atoms with E-state index in [-0.39, 0.29) is 56.6 Å². The van der Waals surface area contributed by atoms with E-state index in [0.29, 0.717) is 12.2 Å². The molecule has 2 atom stereocenters. The Morgan fingerprint density at radius 2 is 1.67 bits per heavy atom. The molecule has 2 heterocycles. The van der Waals surface area contributed by atoms with E-state index < -0.39 is 43.8 Å². The lowest BCUT2D eigenvalue weighted by molar-refractivity contribution is -0.134. The summed E-state index contributed by atoms with van der Waals surface area (Å²) in [5.41, 5.74) is 0.732. The highest BCUT2D eigenvalue weighted by Gasteiger charge is 2.37. The van der Waals surface area contributed by atoms with Crippen LogP contribution in [0.2, 0.25) is 0 Å². The van der Waals surface area contributed by atoms with Crippen LogP contribution in [-0.2, 0) is 23.1 Å². The molecule has 1 saturated heterocycles. The number of carbonyl (C=O) groups is 3. The van der Waals surface area contributed by atoms with Crippen LogP contribution in [0.1, 0.15) is 56.7 Å². The number of aliphatic hydroxyl groups excluding tert-OH is 1. The lowest BCUT2D eigenvalue weighted by Gasteiger charge is -2.36. The van der Waals surface area contributed by atoms with Crippen molar-refractivity contribution in [1.82, 2.24) is 25.1 Å². The van der Waals surface area contributed by atoms with Gasteiger partial charge in [-0.1, -0.05) is 49.6 Å². The first kappa shape index (κ1) is 35.7. The van der Waals surface area contributed by atoms with Crippen LogP contribution in [0.25, 0.3) is 11.4 Å². The Labute approximate surface area is 264 Å². The van der Waals surface area contributed by atoms with Crippen LogP contribution >= 0.6 is 7.60 Å². The van der Waals surface area contributed by atoms with Crippen LogP contribution in [0, 0.1) is 11.8 Å². The quantitative estimate of drug-likeness (QED) is 0.188. The van der Waals surface area contributed by atoms with Crippen molar-refractivity contribution in [2.24, 2.45) is 0 Å². The van der Waals surface area contributed by atoms with E-state index in [1.807, 2.05) is 13.0 Å². The molecule has 3 amide bonds. The number of amides is 3. The largest absolute Gasteiger partial charge is 0.449 e. The monoisotopic (exact) mass is 643 g/mol. The summed E-state index contributed by atoms with van der Waals surface area (Å²) in [6, 6.07) is 9.02. The number of nitrogens with zero attached hydrogens (tertiary/aromatic N) is 4. The van der Waals surface area contributed by atoms with E-state index in [4.69, 9.17) is 13.8 Å². The number of nitrogens with one attached hydrogen (secondary N) is 1. The molecule has 3 rings (SSSR count). The average Bonchev–Trinajstić information content (AvgIpc) is 3.03. The van der Waals surface area contributed by atoms with Gasteiger partial charge in [0.05, 0.1) is 26.0 Å². The zero-order valence-electron chi connectivity index (χ0n) is 26.2. The minimum atomic E-state index is -3.79. The molecule has 2 unspecified atom stereocenters. The van der Waals surface area contributed by atoms with Crippen molar-refractivity contribution in [1.29, 1.82) is 0 Å². The fraction of sp³-hybridized carbons (Fsp3) is 0.516. The molecule has 1 fully saturated rings. The number of aromatic nitrogens is 2. The topological polar surface area (TPSA) is 160 Å². The number of rotatable bonds is 13. The summed E-state index contributed by atoms with van der Waals surface area (Å²) in [5.74, 6) is 4.34. The normalized spacial score (nSPS) is 14.6. The molecule has 1 aliphatic heterocycles. The first-order valence-electron chi connectivity index (χ1n) is 15.1. The van der Waals surface area contributed by atoms with Crippen molar-refractivity contribution in [2.45, 2.75) is 52.7 Å². The number of piperazine rings is 1. The van der Waals surface area contributed by atoms with Gasteiger partial charge in [0.15, 0.2) is 5.82 Å². The molecule has 0 radical (unpaired) electrons. The van der Waals surface area contributed by atoms with Crippen LogP contribution in [0.5, 0.6) is 0 Å². The third-order valence-electron chi connectivity index (χ3n) is 6.63. The lowest BCUT2D eigenvalue weighted by atomic mass is 10.2. The Bertz CT molecular complexity index is 1390. The van der Waals surface area contributed by atoms with Gasteiger partial charge < -0.3 is 34.0 Å². The van der Waals surface area contributed by atoms with Gasteiger partial charge in [-0.25, -0.2) is 14.8 Å². The maximum absolute atomic E-state index is 13.8. The third-order valence-corrected chi connectivity index (χ3v) is 8.75. The smallest absolute Gasteiger partial charge is 0.409 e. The van der Waals surface area contributed by atoms with E-state index in [1.165, 1.54) is 22.8 Å². The minimum Gasteiger partial charge on any atom is -0.449 e. The van der Waals surface area contributed by atoms with Crippen molar-refractivity contribution in [3.05, 3.63) is 47.8 Å². The van der Waals surface area contributed by atoms with Crippen LogP contribution in [0.4, 0.5) is 4.79 Å². The van der Waals surface area contributed by atoms with Gasteiger partial charge in [-0.15, -0.1) is 0 Å². The predicted molar refractivity (Wildman–Crippen MR) is 167 cm³/mol. The maximum atomic E-state index is 13.8. The van der Waals surface area contributed by atoms with Gasteiger partial charge >= 0.3 is 13.7 Å². The molecule has 244 valence electrons. The molecule has 0 aliphatic carbocycles.